The molecule has 1 aromatic heterocycles. The van der Waals surface area contributed by atoms with E-state index in [0.29, 0.717) is 12.0 Å². The Bertz CT molecular complexity index is 193. The van der Waals surface area contributed by atoms with Gasteiger partial charge in [-0.15, -0.1) is 0 Å². The van der Waals surface area contributed by atoms with Crippen LogP contribution in [0.4, 0.5) is 5.69 Å². The van der Waals surface area contributed by atoms with Gasteiger partial charge < -0.3 is 5.73 Å². The largest absolute Gasteiger partial charge is 0.396 e. The van der Waals surface area contributed by atoms with Crippen molar-refractivity contribution in [1.29, 1.82) is 0 Å². The van der Waals surface area contributed by atoms with E-state index in [9.17, 15) is 4.79 Å². The van der Waals surface area contributed by atoms with Crippen molar-refractivity contribution >= 4 is 12.0 Å². The van der Waals surface area contributed by atoms with Gasteiger partial charge in [-0.1, -0.05) is 0 Å². The number of nitrogen functional groups attached to an aromatic ring is 1. The SMILES string of the molecule is Nc1c[nH]nc1C=O. The molecule has 0 aromatic carbocycles. The van der Waals surface area contributed by atoms with Gasteiger partial charge in [-0.25, -0.2) is 0 Å². The Hall–Kier alpha value is -1.32. The summed E-state index contributed by atoms with van der Waals surface area (Å²) in [5.41, 5.74) is 5.88. The second-order valence-electron chi connectivity index (χ2n) is 1.34. The Morgan fingerprint density at radius 3 is 2.88 bits per heavy atom. The minimum absolute atomic E-state index is 0.269. The number of aldehydes is 1. The van der Waals surface area contributed by atoms with Crippen LogP contribution in [0.15, 0.2) is 6.20 Å². The van der Waals surface area contributed by atoms with Crippen LogP contribution in [0.3, 0.4) is 0 Å². The number of hydrogen-bond acceptors (Lipinski definition) is 3. The summed E-state index contributed by atoms with van der Waals surface area (Å²) in [6.07, 6.45) is 2.07. The van der Waals surface area contributed by atoms with E-state index < -0.39 is 0 Å². The van der Waals surface area contributed by atoms with Gasteiger partial charge in [0, 0.05) is 6.20 Å². The van der Waals surface area contributed by atoms with E-state index in [0.717, 1.165) is 0 Å². The summed E-state index contributed by atoms with van der Waals surface area (Å²) in [4.78, 5) is 9.93. The lowest BCUT2D eigenvalue weighted by atomic mass is 10.4. The molecule has 8 heavy (non-hydrogen) atoms. The van der Waals surface area contributed by atoms with Gasteiger partial charge in [0.05, 0.1) is 5.69 Å². The van der Waals surface area contributed by atoms with Crippen molar-refractivity contribution in [3.63, 3.8) is 0 Å². The molecule has 0 aliphatic carbocycles. The Balaban J connectivity index is 3.09. The minimum Gasteiger partial charge on any atom is -0.396 e. The number of anilines is 1. The normalized spacial score (nSPS) is 9.00. The fourth-order valence-electron chi connectivity index (χ4n) is 0.404. The van der Waals surface area contributed by atoms with Crippen LogP contribution in [0.1, 0.15) is 10.5 Å². The van der Waals surface area contributed by atoms with Crippen LogP contribution in [0.5, 0.6) is 0 Å². The predicted molar refractivity (Wildman–Crippen MR) is 28.4 cm³/mol. The van der Waals surface area contributed by atoms with Crippen molar-refractivity contribution in [2.24, 2.45) is 0 Å². The number of nitrogens with zero attached hydrogens (tertiary/aromatic N) is 1. The molecule has 0 fully saturated rings. The van der Waals surface area contributed by atoms with Crippen molar-refractivity contribution in [2.45, 2.75) is 0 Å². The van der Waals surface area contributed by atoms with Crippen molar-refractivity contribution < 1.29 is 4.79 Å². The number of hydrogen-bond donors (Lipinski definition) is 2. The molecular weight excluding hydrogens is 106 g/mol. The van der Waals surface area contributed by atoms with Crippen LogP contribution in [0.2, 0.25) is 0 Å². The van der Waals surface area contributed by atoms with Gasteiger partial charge in [-0.2, -0.15) is 5.10 Å². The second kappa shape index (κ2) is 1.65. The van der Waals surface area contributed by atoms with E-state index in [1.165, 1.54) is 6.20 Å². The molecule has 0 aliphatic heterocycles. The summed E-state index contributed by atoms with van der Waals surface area (Å²) < 4.78 is 0. The van der Waals surface area contributed by atoms with E-state index >= 15 is 0 Å². The average molecular weight is 111 g/mol. The summed E-state index contributed by atoms with van der Waals surface area (Å²) in [6.45, 7) is 0. The highest BCUT2D eigenvalue weighted by atomic mass is 16.1. The third-order valence-corrected chi connectivity index (χ3v) is 0.812. The van der Waals surface area contributed by atoms with E-state index in [-0.39, 0.29) is 5.69 Å². The first kappa shape index (κ1) is 4.83. The van der Waals surface area contributed by atoms with E-state index in [2.05, 4.69) is 10.2 Å². The average Bonchev–Trinajstić information content (AvgIpc) is 2.14. The zero-order chi connectivity index (χ0) is 5.98. The lowest BCUT2D eigenvalue weighted by Gasteiger charge is -1.77. The number of carbonyl (C=O) groups is 1. The van der Waals surface area contributed by atoms with Crippen LogP contribution in [0.25, 0.3) is 0 Å². The monoisotopic (exact) mass is 111 g/mol. The van der Waals surface area contributed by atoms with Gasteiger partial charge in [-0.3, -0.25) is 9.89 Å². The molecule has 42 valence electrons. The number of aromatic nitrogens is 2. The second-order valence-corrected chi connectivity index (χ2v) is 1.34. The van der Waals surface area contributed by atoms with Crippen molar-refractivity contribution in [3.8, 4) is 0 Å². The molecule has 1 heterocycles. The maximum Gasteiger partial charge on any atom is 0.172 e. The Kier molecular flexibility index (Phi) is 0.997. The Morgan fingerprint density at radius 1 is 1.88 bits per heavy atom. The molecule has 0 atom stereocenters. The molecule has 0 aliphatic rings. The van der Waals surface area contributed by atoms with Gasteiger partial charge in [0.2, 0.25) is 0 Å². The molecule has 1 aromatic rings. The molecular formula is C4H5N3O. The molecule has 1 rings (SSSR count). The molecule has 0 unspecified atom stereocenters. The van der Waals surface area contributed by atoms with Crippen molar-refractivity contribution in [2.75, 3.05) is 5.73 Å². The van der Waals surface area contributed by atoms with Crippen molar-refractivity contribution in [3.05, 3.63) is 11.9 Å². The molecule has 3 N–H and O–H groups in total. The summed E-state index contributed by atoms with van der Waals surface area (Å²) >= 11 is 0. The highest BCUT2D eigenvalue weighted by Gasteiger charge is 1.95. The standard InChI is InChI=1S/C4H5N3O/c5-3-1-6-7-4(3)2-8/h1-2H,5H2,(H,6,7). The maximum absolute atomic E-state index is 9.93. The lowest BCUT2D eigenvalue weighted by Crippen LogP contribution is -1.87. The first-order chi connectivity index (χ1) is 3.84. The maximum atomic E-state index is 9.93. The number of carbonyl (C=O) groups excluding carboxylic acids is 1. The van der Waals surface area contributed by atoms with Gasteiger partial charge in [0.1, 0.15) is 5.69 Å². The van der Waals surface area contributed by atoms with E-state index in [4.69, 9.17) is 5.73 Å². The summed E-state index contributed by atoms with van der Waals surface area (Å²) in [5, 5.41) is 5.96. The number of nitrogens with two attached hydrogens (primary N) is 1. The van der Waals surface area contributed by atoms with Gasteiger partial charge >= 0.3 is 0 Å². The Labute approximate surface area is 45.7 Å². The topological polar surface area (TPSA) is 71.8 Å². The third-order valence-electron chi connectivity index (χ3n) is 0.812. The van der Waals surface area contributed by atoms with Crippen LogP contribution in [-0.4, -0.2) is 16.5 Å². The first-order valence-corrected chi connectivity index (χ1v) is 2.09. The summed E-state index contributed by atoms with van der Waals surface area (Å²) in [7, 11) is 0. The van der Waals surface area contributed by atoms with Crippen LogP contribution >= 0.6 is 0 Å². The van der Waals surface area contributed by atoms with Gasteiger partial charge in [0.15, 0.2) is 6.29 Å². The van der Waals surface area contributed by atoms with E-state index in [1.54, 1.807) is 0 Å². The zero-order valence-corrected chi connectivity index (χ0v) is 4.09. The lowest BCUT2D eigenvalue weighted by molar-refractivity contribution is 0.112. The molecule has 0 spiro atoms. The molecule has 0 amide bonds. The van der Waals surface area contributed by atoms with Crippen LogP contribution in [0, 0.1) is 0 Å². The summed E-state index contributed by atoms with van der Waals surface area (Å²) in [5.74, 6) is 0. The fourth-order valence-corrected chi connectivity index (χ4v) is 0.404. The van der Waals surface area contributed by atoms with Gasteiger partial charge in [0.25, 0.3) is 0 Å². The molecule has 0 radical (unpaired) electrons. The van der Waals surface area contributed by atoms with Crippen LogP contribution in [-0.2, 0) is 0 Å². The molecule has 4 heteroatoms. The smallest absolute Gasteiger partial charge is 0.172 e. The number of nitrogens with one attached hydrogen (secondary N) is 1. The molecule has 0 bridgehead atoms. The van der Waals surface area contributed by atoms with E-state index in [1.807, 2.05) is 0 Å². The third kappa shape index (κ3) is 0.556. The number of aromatic amines is 1. The van der Waals surface area contributed by atoms with Gasteiger partial charge in [-0.05, 0) is 0 Å². The predicted octanol–water partition coefficient (Wildman–Crippen LogP) is -0.196. The molecule has 0 saturated heterocycles. The number of H-pyrrole nitrogens is 1. The molecule has 4 nitrogen and oxygen atoms in total. The van der Waals surface area contributed by atoms with Crippen LogP contribution < -0.4 is 5.73 Å². The summed E-state index contributed by atoms with van der Waals surface area (Å²) in [6, 6.07) is 0. The highest BCUT2D eigenvalue weighted by molar-refractivity contribution is 5.79. The first-order valence-electron chi connectivity index (χ1n) is 2.09. The zero-order valence-electron chi connectivity index (χ0n) is 4.09. The minimum atomic E-state index is 0.269. The van der Waals surface area contributed by atoms with Crippen molar-refractivity contribution in [1.82, 2.24) is 10.2 Å². The quantitative estimate of drug-likeness (QED) is 0.493. The Morgan fingerprint density at radius 2 is 2.62 bits per heavy atom. The molecule has 0 saturated carbocycles. The number of rotatable bonds is 1. The highest BCUT2D eigenvalue weighted by Crippen LogP contribution is 2.00. The fraction of sp³-hybridized carbons (Fsp3) is 0.